The number of rotatable bonds is 4. The number of hydrogen-bond acceptors (Lipinski definition) is 5. The number of nitrogens with one attached hydrogen (secondary N) is 1. The van der Waals surface area contributed by atoms with Crippen LogP contribution < -0.4 is 5.32 Å². The van der Waals surface area contributed by atoms with E-state index in [-0.39, 0.29) is 0 Å². The van der Waals surface area contributed by atoms with Gasteiger partial charge in [-0.1, -0.05) is 0 Å². The maximum atomic E-state index is 5.67. The highest BCUT2D eigenvalue weighted by Crippen LogP contribution is 2.08. The first-order chi connectivity index (χ1) is 7.74. The first kappa shape index (κ1) is 12.0. The van der Waals surface area contributed by atoms with Crippen LogP contribution in [0.5, 0.6) is 0 Å². The van der Waals surface area contributed by atoms with Gasteiger partial charge in [-0.2, -0.15) is 0 Å². The van der Waals surface area contributed by atoms with E-state index < -0.39 is 0 Å². The van der Waals surface area contributed by atoms with Crippen molar-refractivity contribution in [3.63, 3.8) is 0 Å². The maximum Gasteiger partial charge on any atom is 0.107 e. The first-order valence-electron chi connectivity index (χ1n) is 5.66. The standard InChI is InChI=1S/C11H19N3OS/c1-9-8-16-11(13-9)6-12-5-10-7-14(2)3-4-15-10/h8,10,12H,3-7H2,1-2H3. The molecule has 0 spiro atoms. The highest BCUT2D eigenvalue weighted by molar-refractivity contribution is 7.09. The second kappa shape index (κ2) is 5.72. The molecule has 1 N–H and O–H groups in total. The molecule has 2 heterocycles. The summed E-state index contributed by atoms with van der Waals surface area (Å²) in [5, 5.41) is 6.64. The molecule has 1 unspecified atom stereocenters. The third-order valence-electron chi connectivity index (χ3n) is 2.66. The number of thiazole rings is 1. The van der Waals surface area contributed by atoms with Gasteiger partial charge in [0, 0.05) is 37.3 Å². The first-order valence-corrected chi connectivity index (χ1v) is 6.54. The molecule has 1 atom stereocenters. The van der Waals surface area contributed by atoms with E-state index in [0.717, 1.165) is 43.5 Å². The van der Waals surface area contributed by atoms with Crippen molar-refractivity contribution >= 4 is 11.3 Å². The van der Waals surface area contributed by atoms with Gasteiger partial charge in [-0.05, 0) is 14.0 Å². The molecule has 16 heavy (non-hydrogen) atoms. The number of likely N-dealkylation sites (N-methyl/N-ethyl adjacent to an activating group) is 1. The van der Waals surface area contributed by atoms with Crippen molar-refractivity contribution in [2.75, 3.05) is 33.3 Å². The largest absolute Gasteiger partial charge is 0.374 e. The molecular formula is C11H19N3OS. The summed E-state index contributed by atoms with van der Waals surface area (Å²) in [6.45, 7) is 6.69. The molecule has 1 aliphatic heterocycles. The Morgan fingerprint density at radius 3 is 3.25 bits per heavy atom. The van der Waals surface area contributed by atoms with Crippen molar-refractivity contribution in [2.45, 2.75) is 19.6 Å². The Bertz CT molecular complexity index is 329. The number of aryl methyl sites for hydroxylation is 1. The van der Waals surface area contributed by atoms with Crippen LogP contribution in [-0.2, 0) is 11.3 Å². The van der Waals surface area contributed by atoms with Crippen LogP contribution in [0.1, 0.15) is 10.7 Å². The average molecular weight is 241 g/mol. The van der Waals surface area contributed by atoms with Gasteiger partial charge in [0.05, 0.1) is 12.7 Å². The van der Waals surface area contributed by atoms with Crippen LogP contribution >= 0.6 is 11.3 Å². The number of hydrogen-bond donors (Lipinski definition) is 1. The predicted octanol–water partition coefficient (Wildman–Crippen LogP) is 0.872. The molecule has 4 nitrogen and oxygen atoms in total. The zero-order valence-electron chi connectivity index (χ0n) is 9.90. The smallest absolute Gasteiger partial charge is 0.107 e. The minimum Gasteiger partial charge on any atom is -0.374 e. The number of nitrogens with zero attached hydrogens (tertiary/aromatic N) is 2. The normalized spacial score (nSPS) is 22.5. The second-order valence-electron chi connectivity index (χ2n) is 4.27. The molecule has 90 valence electrons. The molecule has 0 aliphatic carbocycles. The zero-order valence-corrected chi connectivity index (χ0v) is 10.7. The van der Waals surface area contributed by atoms with E-state index in [0.29, 0.717) is 6.10 Å². The fourth-order valence-corrected chi connectivity index (χ4v) is 2.56. The Hall–Kier alpha value is -0.490. The van der Waals surface area contributed by atoms with E-state index in [4.69, 9.17) is 4.74 Å². The number of aromatic nitrogens is 1. The van der Waals surface area contributed by atoms with Crippen molar-refractivity contribution in [3.05, 3.63) is 16.1 Å². The molecule has 1 aliphatic rings. The van der Waals surface area contributed by atoms with Crippen LogP contribution in [0.15, 0.2) is 5.38 Å². The zero-order chi connectivity index (χ0) is 11.4. The Labute approximate surface area is 101 Å². The molecule has 0 aromatic carbocycles. The van der Waals surface area contributed by atoms with Crippen molar-refractivity contribution < 1.29 is 4.74 Å². The number of morpholine rings is 1. The molecule has 1 saturated heterocycles. The molecule has 0 saturated carbocycles. The lowest BCUT2D eigenvalue weighted by atomic mass is 10.3. The van der Waals surface area contributed by atoms with Gasteiger partial charge in [-0.15, -0.1) is 11.3 Å². The van der Waals surface area contributed by atoms with Gasteiger partial charge in [0.1, 0.15) is 5.01 Å². The van der Waals surface area contributed by atoms with E-state index in [1.54, 1.807) is 11.3 Å². The summed E-state index contributed by atoms with van der Waals surface area (Å²) < 4.78 is 5.67. The molecular weight excluding hydrogens is 222 g/mol. The fourth-order valence-electron chi connectivity index (χ4n) is 1.81. The van der Waals surface area contributed by atoms with E-state index in [2.05, 4.69) is 27.6 Å². The highest BCUT2D eigenvalue weighted by Gasteiger charge is 2.16. The fraction of sp³-hybridized carbons (Fsp3) is 0.727. The maximum absolute atomic E-state index is 5.67. The van der Waals surface area contributed by atoms with Gasteiger partial charge >= 0.3 is 0 Å². The summed E-state index contributed by atoms with van der Waals surface area (Å²) in [5.74, 6) is 0. The van der Waals surface area contributed by atoms with Gasteiger partial charge in [0.2, 0.25) is 0 Å². The van der Waals surface area contributed by atoms with Gasteiger partial charge < -0.3 is 15.0 Å². The summed E-state index contributed by atoms with van der Waals surface area (Å²) in [6.07, 6.45) is 0.319. The molecule has 1 aromatic rings. The van der Waals surface area contributed by atoms with E-state index >= 15 is 0 Å². The van der Waals surface area contributed by atoms with Crippen LogP contribution in [-0.4, -0.2) is 49.3 Å². The Morgan fingerprint density at radius 2 is 2.56 bits per heavy atom. The second-order valence-corrected chi connectivity index (χ2v) is 5.21. The average Bonchev–Trinajstić information content (AvgIpc) is 2.64. The Kier molecular flexibility index (Phi) is 4.29. The molecule has 1 aromatic heterocycles. The van der Waals surface area contributed by atoms with Gasteiger partial charge in [0.15, 0.2) is 0 Å². The summed E-state index contributed by atoms with van der Waals surface area (Å²) >= 11 is 1.71. The van der Waals surface area contributed by atoms with E-state index in [1.165, 1.54) is 0 Å². The molecule has 0 amide bonds. The van der Waals surface area contributed by atoms with Crippen LogP contribution in [0, 0.1) is 6.92 Å². The van der Waals surface area contributed by atoms with Crippen LogP contribution in [0.4, 0.5) is 0 Å². The van der Waals surface area contributed by atoms with E-state index in [9.17, 15) is 0 Å². The summed E-state index contributed by atoms with van der Waals surface area (Å²) in [4.78, 5) is 6.72. The minimum absolute atomic E-state index is 0.319. The molecule has 1 fully saturated rings. The summed E-state index contributed by atoms with van der Waals surface area (Å²) in [5.41, 5.74) is 1.11. The van der Waals surface area contributed by atoms with Crippen LogP contribution in [0.3, 0.4) is 0 Å². The predicted molar refractivity (Wildman–Crippen MR) is 65.8 cm³/mol. The van der Waals surface area contributed by atoms with E-state index in [1.807, 2.05) is 6.92 Å². The Morgan fingerprint density at radius 1 is 1.69 bits per heavy atom. The van der Waals surface area contributed by atoms with Crippen LogP contribution in [0.2, 0.25) is 0 Å². The van der Waals surface area contributed by atoms with Crippen LogP contribution in [0.25, 0.3) is 0 Å². The monoisotopic (exact) mass is 241 g/mol. The van der Waals surface area contributed by atoms with Crippen molar-refractivity contribution in [3.8, 4) is 0 Å². The lowest BCUT2D eigenvalue weighted by Crippen LogP contribution is -2.44. The third kappa shape index (κ3) is 3.52. The Balaban J connectivity index is 1.67. The summed E-state index contributed by atoms with van der Waals surface area (Å²) in [6, 6.07) is 0. The quantitative estimate of drug-likeness (QED) is 0.849. The SMILES string of the molecule is Cc1csc(CNCC2CN(C)CCO2)n1. The lowest BCUT2D eigenvalue weighted by Gasteiger charge is -2.30. The van der Waals surface area contributed by atoms with Gasteiger partial charge in [0.25, 0.3) is 0 Å². The summed E-state index contributed by atoms with van der Waals surface area (Å²) in [7, 11) is 2.14. The van der Waals surface area contributed by atoms with Gasteiger partial charge in [-0.25, -0.2) is 4.98 Å². The molecule has 2 rings (SSSR count). The minimum atomic E-state index is 0.319. The third-order valence-corrected chi connectivity index (χ3v) is 3.62. The van der Waals surface area contributed by atoms with Crippen molar-refractivity contribution in [1.29, 1.82) is 0 Å². The molecule has 5 heteroatoms. The van der Waals surface area contributed by atoms with Crippen molar-refractivity contribution in [2.24, 2.45) is 0 Å². The van der Waals surface area contributed by atoms with Gasteiger partial charge in [-0.3, -0.25) is 0 Å². The number of ether oxygens (including phenoxy) is 1. The van der Waals surface area contributed by atoms with Crippen molar-refractivity contribution in [1.82, 2.24) is 15.2 Å². The molecule has 0 radical (unpaired) electrons. The topological polar surface area (TPSA) is 37.4 Å². The lowest BCUT2D eigenvalue weighted by molar-refractivity contribution is -0.0182. The molecule has 0 bridgehead atoms. The highest BCUT2D eigenvalue weighted by atomic mass is 32.1.